The highest BCUT2D eigenvalue weighted by atomic mass is 35.5. The number of anilines is 1. The molecular weight excluding hydrogens is 294 g/mol. The van der Waals surface area contributed by atoms with Crippen LogP contribution in [0.25, 0.3) is 0 Å². The molecule has 0 bridgehead atoms. The number of hydrogen-bond acceptors (Lipinski definition) is 6. The van der Waals surface area contributed by atoms with Gasteiger partial charge >= 0.3 is 0 Å². The summed E-state index contributed by atoms with van der Waals surface area (Å²) in [5.74, 6) is 1.15. The summed E-state index contributed by atoms with van der Waals surface area (Å²) in [7, 11) is 0. The Morgan fingerprint density at radius 2 is 2.05 bits per heavy atom. The minimum Gasteiger partial charge on any atom is -0.474 e. The minimum absolute atomic E-state index is 0.139. The van der Waals surface area contributed by atoms with Gasteiger partial charge in [-0.1, -0.05) is 11.6 Å². The highest BCUT2D eigenvalue weighted by molar-refractivity contribution is 6.29. The molecule has 0 unspecified atom stereocenters. The average Bonchev–Trinajstić information content (AvgIpc) is 2.48. The molecule has 0 aliphatic carbocycles. The second-order valence-electron chi connectivity index (χ2n) is 5.38. The molecular formula is C14H20ClN3O3. The van der Waals surface area contributed by atoms with Gasteiger partial charge in [-0.05, 0) is 6.92 Å². The van der Waals surface area contributed by atoms with Gasteiger partial charge in [0.25, 0.3) is 0 Å². The lowest BCUT2D eigenvalue weighted by molar-refractivity contribution is 0.0237. The van der Waals surface area contributed by atoms with Crippen LogP contribution in [-0.2, 0) is 9.47 Å². The Morgan fingerprint density at radius 1 is 1.24 bits per heavy atom. The van der Waals surface area contributed by atoms with E-state index in [1.165, 1.54) is 0 Å². The van der Waals surface area contributed by atoms with Crippen molar-refractivity contribution in [3.8, 4) is 5.88 Å². The van der Waals surface area contributed by atoms with Gasteiger partial charge in [0.15, 0.2) is 0 Å². The summed E-state index contributed by atoms with van der Waals surface area (Å²) in [6.07, 6.45) is 1.90. The fourth-order valence-corrected chi connectivity index (χ4v) is 2.73. The van der Waals surface area contributed by atoms with Gasteiger partial charge in [-0.3, -0.25) is 0 Å². The van der Waals surface area contributed by atoms with E-state index in [0.29, 0.717) is 30.2 Å². The van der Waals surface area contributed by atoms with Crippen LogP contribution in [-0.4, -0.2) is 55.1 Å². The molecule has 0 N–H and O–H groups in total. The third-order valence-electron chi connectivity index (χ3n) is 3.74. The maximum atomic E-state index is 6.12. The molecule has 21 heavy (non-hydrogen) atoms. The normalized spacial score (nSPS) is 24.1. The Balaban J connectivity index is 1.75. The third kappa shape index (κ3) is 3.75. The van der Waals surface area contributed by atoms with Crippen LogP contribution in [0, 0.1) is 0 Å². The molecule has 2 aliphatic rings. The Labute approximate surface area is 129 Å². The number of rotatable bonds is 3. The van der Waals surface area contributed by atoms with Crippen molar-refractivity contribution in [3.05, 3.63) is 11.2 Å². The van der Waals surface area contributed by atoms with E-state index in [2.05, 4.69) is 21.8 Å². The molecule has 2 aliphatic heterocycles. The molecule has 2 saturated heterocycles. The summed E-state index contributed by atoms with van der Waals surface area (Å²) < 4.78 is 16.7. The summed E-state index contributed by atoms with van der Waals surface area (Å²) in [5.41, 5.74) is 0. The van der Waals surface area contributed by atoms with Crippen LogP contribution in [0.15, 0.2) is 6.07 Å². The maximum Gasteiger partial charge on any atom is 0.230 e. The van der Waals surface area contributed by atoms with Crippen LogP contribution in [0.3, 0.4) is 0 Å². The van der Waals surface area contributed by atoms with Gasteiger partial charge in [-0.15, -0.1) is 0 Å². The summed E-state index contributed by atoms with van der Waals surface area (Å²) >= 11 is 6.12. The topological polar surface area (TPSA) is 56.7 Å². The molecule has 1 aromatic heterocycles. The van der Waals surface area contributed by atoms with E-state index in [-0.39, 0.29) is 12.1 Å². The van der Waals surface area contributed by atoms with Crippen LogP contribution in [0.5, 0.6) is 5.88 Å². The molecule has 0 saturated carbocycles. The van der Waals surface area contributed by atoms with Gasteiger partial charge in [-0.2, -0.15) is 4.98 Å². The van der Waals surface area contributed by atoms with Crippen LogP contribution < -0.4 is 9.64 Å². The summed E-state index contributed by atoms with van der Waals surface area (Å²) in [6, 6.07) is 1.90. The second kappa shape index (κ2) is 6.77. The number of aromatic nitrogens is 2. The smallest absolute Gasteiger partial charge is 0.230 e. The molecule has 3 heterocycles. The number of morpholine rings is 1. The zero-order valence-electron chi connectivity index (χ0n) is 12.1. The quantitative estimate of drug-likeness (QED) is 0.795. The van der Waals surface area contributed by atoms with E-state index >= 15 is 0 Å². The van der Waals surface area contributed by atoms with Crippen molar-refractivity contribution in [1.29, 1.82) is 0 Å². The number of hydrogen-bond donors (Lipinski definition) is 0. The largest absolute Gasteiger partial charge is 0.474 e. The van der Waals surface area contributed by atoms with Crippen molar-refractivity contribution in [2.75, 3.05) is 37.9 Å². The van der Waals surface area contributed by atoms with E-state index < -0.39 is 0 Å². The standard InChI is InChI=1S/C14H20ClN3O3/c1-10-9-20-7-4-18(10)14-16-12(15)8-13(17-14)21-11-2-5-19-6-3-11/h8,10-11H,2-7,9H2,1H3/t10-/m0/s1. The molecule has 7 heteroatoms. The predicted octanol–water partition coefficient (Wildman–Crippen LogP) is 1.91. The summed E-state index contributed by atoms with van der Waals surface area (Å²) in [5, 5.41) is 0.403. The second-order valence-corrected chi connectivity index (χ2v) is 5.76. The van der Waals surface area contributed by atoms with Crippen LogP contribution in [0.2, 0.25) is 5.15 Å². The first-order valence-corrected chi connectivity index (χ1v) is 7.73. The first kappa shape index (κ1) is 14.8. The lowest BCUT2D eigenvalue weighted by atomic mass is 10.2. The zero-order valence-corrected chi connectivity index (χ0v) is 12.9. The van der Waals surface area contributed by atoms with E-state index in [9.17, 15) is 0 Å². The number of ether oxygens (including phenoxy) is 3. The van der Waals surface area contributed by atoms with E-state index in [4.69, 9.17) is 25.8 Å². The van der Waals surface area contributed by atoms with Crippen molar-refractivity contribution >= 4 is 17.5 Å². The number of nitrogens with zero attached hydrogens (tertiary/aromatic N) is 3. The Bertz CT molecular complexity index is 483. The Morgan fingerprint density at radius 3 is 2.81 bits per heavy atom. The number of halogens is 1. The van der Waals surface area contributed by atoms with Crippen LogP contribution in [0.4, 0.5) is 5.95 Å². The SMILES string of the molecule is C[C@H]1COCCN1c1nc(Cl)cc(OC2CCOCC2)n1. The molecule has 1 atom stereocenters. The highest BCUT2D eigenvalue weighted by Crippen LogP contribution is 2.24. The first-order valence-electron chi connectivity index (χ1n) is 7.36. The minimum atomic E-state index is 0.139. The molecule has 0 spiro atoms. The van der Waals surface area contributed by atoms with Gasteiger partial charge in [-0.25, -0.2) is 4.98 Å². The fraction of sp³-hybridized carbons (Fsp3) is 0.714. The van der Waals surface area contributed by atoms with E-state index in [1.54, 1.807) is 6.07 Å². The molecule has 3 rings (SSSR count). The van der Waals surface area contributed by atoms with Gasteiger partial charge in [0.05, 0.1) is 32.5 Å². The van der Waals surface area contributed by atoms with Crippen molar-refractivity contribution < 1.29 is 14.2 Å². The molecule has 6 nitrogen and oxygen atoms in total. The molecule has 2 fully saturated rings. The molecule has 116 valence electrons. The van der Waals surface area contributed by atoms with Crippen LogP contribution in [0.1, 0.15) is 19.8 Å². The van der Waals surface area contributed by atoms with Crippen molar-refractivity contribution in [2.24, 2.45) is 0 Å². The molecule has 0 radical (unpaired) electrons. The van der Waals surface area contributed by atoms with Crippen LogP contribution >= 0.6 is 11.6 Å². The summed E-state index contributed by atoms with van der Waals surface area (Å²) in [6.45, 7) is 5.66. The van der Waals surface area contributed by atoms with Crippen molar-refractivity contribution in [3.63, 3.8) is 0 Å². The highest BCUT2D eigenvalue weighted by Gasteiger charge is 2.23. The predicted molar refractivity (Wildman–Crippen MR) is 79.1 cm³/mol. The van der Waals surface area contributed by atoms with Crippen molar-refractivity contribution in [1.82, 2.24) is 9.97 Å². The van der Waals surface area contributed by atoms with Gasteiger partial charge in [0, 0.05) is 25.5 Å². The van der Waals surface area contributed by atoms with Gasteiger partial charge in [0.1, 0.15) is 11.3 Å². The van der Waals surface area contributed by atoms with Gasteiger partial charge < -0.3 is 19.1 Å². The van der Waals surface area contributed by atoms with E-state index in [0.717, 1.165) is 32.6 Å². The molecule has 1 aromatic rings. The lowest BCUT2D eigenvalue weighted by Crippen LogP contribution is -2.44. The monoisotopic (exact) mass is 313 g/mol. The maximum absolute atomic E-state index is 6.12. The summed E-state index contributed by atoms with van der Waals surface area (Å²) in [4.78, 5) is 10.9. The lowest BCUT2D eigenvalue weighted by Gasteiger charge is -2.33. The Kier molecular flexibility index (Phi) is 4.77. The Hall–Kier alpha value is -1.11. The third-order valence-corrected chi connectivity index (χ3v) is 3.93. The zero-order chi connectivity index (χ0) is 14.7. The fourth-order valence-electron chi connectivity index (χ4n) is 2.56. The molecule has 0 aromatic carbocycles. The van der Waals surface area contributed by atoms with Gasteiger partial charge in [0.2, 0.25) is 11.8 Å². The first-order chi connectivity index (χ1) is 10.2. The average molecular weight is 314 g/mol. The van der Waals surface area contributed by atoms with E-state index in [1.807, 2.05) is 0 Å². The van der Waals surface area contributed by atoms with Crippen molar-refractivity contribution in [2.45, 2.75) is 31.9 Å². The molecule has 0 amide bonds.